The molecule has 0 fully saturated rings. The van der Waals surface area contributed by atoms with E-state index in [4.69, 9.17) is 26.2 Å². The zero-order valence-corrected chi connectivity index (χ0v) is 19.9. The third-order valence-electron chi connectivity index (χ3n) is 4.79. The summed E-state index contributed by atoms with van der Waals surface area (Å²) in [5, 5.41) is 9.71. The number of methoxy groups -OCH3 is 1. The van der Waals surface area contributed by atoms with Crippen molar-refractivity contribution >= 4 is 35.4 Å². The minimum Gasteiger partial charge on any atom is -0.497 e. The van der Waals surface area contributed by atoms with Crippen LogP contribution in [0.4, 0.5) is 0 Å². The van der Waals surface area contributed by atoms with Gasteiger partial charge in [0.05, 0.1) is 19.4 Å². The molecule has 0 spiro atoms. The Balaban J connectivity index is 1.55. The monoisotopic (exact) mass is 483 g/mol. The van der Waals surface area contributed by atoms with Gasteiger partial charge in [-0.15, -0.1) is 11.8 Å². The van der Waals surface area contributed by atoms with Crippen LogP contribution in [0.1, 0.15) is 29.8 Å². The largest absolute Gasteiger partial charge is 0.497 e. The molecule has 1 aromatic heterocycles. The molecule has 0 atom stereocenters. The Labute approximate surface area is 203 Å². The Morgan fingerprint density at radius 3 is 2.67 bits per heavy atom. The van der Waals surface area contributed by atoms with Gasteiger partial charge in [0.25, 0.3) is 0 Å². The summed E-state index contributed by atoms with van der Waals surface area (Å²) >= 11 is 7.66. The van der Waals surface area contributed by atoms with Crippen molar-refractivity contribution in [1.82, 2.24) is 4.98 Å². The number of aryl methyl sites for hydroxylation is 1. The van der Waals surface area contributed by atoms with E-state index in [9.17, 15) is 4.79 Å². The van der Waals surface area contributed by atoms with Crippen LogP contribution < -0.4 is 9.47 Å². The predicted octanol–water partition coefficient (Wildman–Crippen LogP) is 6.54. The lowest BCUT2D eigenvalue weighted by atomic mass is 10.1. The van der Waals surface area contributed by atoms with E-state index >= 15 is 0 Å². The van der Waals surface area contributed by atoms with Gasteiger partial charge in [-0.25, -0.2) is 9.78 Å². The van der Waals surface area contributed by atoms with Crippen LogP contribution in [-0.2, 0) is 17.0 Å². The lowest BCUT2D eigenvalue weighted by Crippen LogP contribution is -2.02. The van der Waals surface area contributed by atoms with Gasteiger partial charge in [0.15, 0.2) is 0 Å². The number of ether oxygens (including phenoxy) is 2. The molecule has 0 unspecified atom stereocenters. The van der Waals surface area contributed by atoms with Crippen LogP contribution in [0.3, 0.4) is 0 Å². The normalized spacial score (nSPS) is 11.0. The van der Waals surface area contributed by atoms with Crippen molar-refractivity contribution in [3.63, 3.8) is 0 Å². The van der Waals surface area contributed by atoms with Crippen molar-refractivity contribution in [3.8, 4) is 11.5 Å². The summed E-state index contributed by atoms with van der Waals surface area (Å²) < 4.78 is 11.1. The minimum absolute atomic E-state index is 0.511. The fourth-order valence-corrected chi connectivity index (χ4v) is 4.21. The van der Waals surface area contributed by atoms with Gasteiger partial charge < -0.3 is 14.6 Å². The topological polar surface area (TPSA) is 68.7 Å². The number of aromatic nitrogens is 1. The highest BCUT2D eigenvalue weighted by molar-refractivity contribution is 7.98. The van der Waals surface area contributed by atoms with Crippen molar-refractivity contribution in [3.05, 3.63) is 88.7 Å². The Bertz CT molecular complexity index is 1090. The van der Waals surface area contributed by atoms with Crippen molar-refractivity contribution < 1.29 is 19.4 Å². The van der Waals surface area contributed by atoms with Gasteiger partial charge in [-0.1, -0.05) is 29.8 Å². The van der Waals surface area contributed by atoms with Gasteiger partial charge in [0.1, 0.15) is 17.2 Å². The van der Waals surface area contributed by atoms with E-state index in [2.05, 4.69) is 17.1 Å². The van der Waals surface area contributed by atoms with Gasteiger partial charge >= 0.3 is 5.97 Å². The lowest BCUT2D eigenvalue weighted by Gasteiger charge is -2.11. The van der Waals surface area contributed by atoms with Crippen LogP contribution in [0.15, 0.2) is 71.6 Å². The number of hydrogen-bond donors (Lipinski definition) is 1. The maximum absolute atomic E-state index is 11.0. The average molecular weight is 484 g/mol. The summed E-state index contributed by atoms with van der Waals surface area (Å²) in [6, 6.07) is 19.5. The third kappa shape index (κ3) is 8.48. The number of carboxylic acid groups (broad SMARTS) is 1. The molecular formula is C26H26ClNO4S. The number of thioether (sulfide) groups is 1. The van der Waals surface area contributed by atoms with Gasteiger partial charge in [-0.05, 0) is 73.4 Å². The minimum atomic E-state index is -1.03. The van der Waals surface area contributed by atoms with E-state index in [1.807, 2.05) is 48.5 Å². The van der Waals surface area contributed by atoms with Crippen molar-refractivity contribution in [1.29, 1.82) is 0 Å². The van der Waals surface area contributed by atoms with Gasteiger partial charge in [-0.2, -0.15) is 0 Å². The number of unbranched alkanes of at least 4 members (excludes halogenated alkanes) is 1. The fourth-order valence-electron chi connectivity index (χ4n) is 3.10. The Morgan fingerprint density at radius 1 is 1.12 bits per heavy atom. The van der Waals surface area contributed by atoms with Crippen LogP contribution in [0.25, 0.3) is 6.08 Å². The van der Waals surface area contributed by atoms with Gasteiger partial charge in [0.2, 0.25) is 0 Å². The average Bonchev–Trinajstić information content (AvgIpc) is 2.82. The highest BCUT2D eigenvalue weighted by atomic mass is 35.5. The lowest BCUT2D eigenvalue weighted by molar-refractivity contribution is -0.131. The first-order chi connectivity index (χ1) is 16.0. The van der Waals surface area contributed by atoms with E-state index < -0.39 is 5.97 Å². The second-order valence-corrected chi connectivity index (χ2v) is 8.74. The van der Waals surface area contributed by atoms with Crippen LogP contribution in [-0.4, -0.2) is 29.8 Å². The quantitative estimate of drug-likeness (QED) is 0.179. The fraction of sp³-hybridized carbons (Fsp3) is 0.231. The molecule has 7 heteroatoms. The van der Waals surface area contributed by atoms with E-state index in [0.29, 0.717) is 28.8 Å². The molecule has 0 radical (unpaired) electrons. The number of aliphatic carboxylic acids is 1. The Morgan fingerprint density at radius 2 is 1.94 bits per heavy atom. The molecule has 5 nitrogen and oxygen atoms in total. The Hall–Kier alpha value is -2.96. The van der Waals surface area contributed by atoms with E-state index in [1.54, 1.807) is 18.9 Å². The number of benzene rings is 2. The smallest absolute Gasteiger partial charge is 0.328 e. The number of rotatable bonds is 12. The van der Waals surface area contributed by atoms with Crippen LogP contribution >= 0.6 is 23.4 Å². The molecule has 1 heterocycles. The SMILES string of the molecule is COc1ccc(CCCCOc2ccc(CSc3cccc(Cl)c3)nc2C=CC(=O)O)cc1. The molecule has 3 rings (SSSR count). The molecule has 0 aliphatic rings. The molecule has 0 aliphatic heterocycles. The summed E-state index contributed by atoms with van der Waals surface area (Å²) in [5.41, 5.74) is 2.60. The number of carboxylic acids is 1. The molecule has 0 amide bonds. The number of hydrogen-bond acceptors (Lipinski definition) is 5. The van der Waals surface area contributed by atoms with E-state index in [0.717, 1.165) is 41.7 Å². The first-order valence-corrected chi connectivity index (χ1v) is 11.9. The zero-order valence-electron chi connectivity index (χ0n) is 18.4. The highest BCUT2D eigenvalue weighted by Gasteiger charge is 2.07. The summed E-state index contributed by atoms with van der Waals surface area (Å²) in [7, 11) is 1.66. The maximum Gasteiger partial charge on any atom is 0.328 e. The van der Waals surface area contributed by atoms with Gasteiger partial charge in [0, 0.05) is 21.7 Å². The molecular weight excluding hydrogens is 458 g/mol. The number of nitrogens with zero attached hydrogens (tertiary/aromatic N) is 1. The maximum atomic E-state index is 11.0. The number of carbonyl (C=O) groups is 1. The van der Waals surface area contributed by atoms with Crippen LogP contribution in [0.2, 0.25) is 5.02 Å². The first-order valence-electron chi connectivity index (χ1n) is 10.6. The predicted molar refractivity (Wildman–Crippen MR) is 133 cm³/mol. The van der Waals surface area contributed by atoms with Crippen molar-refractivity contribution in [2.24, 2.45) is 0 Å². The molecule has 1 N–H and O–H groups in total. The van der Waals surface area contributed by atoms with Gasteiger partial charge in [-0.3, -0.25) is 0 Å². The second kappa shape index (κ2) is 12.9. The summed E-state index contributed by atoms with van der Waals surface area (Å²) in [4.78, 5) is 16.7. The molecule has 3 aromatic rings. The van der Waals surface area contributed by atoms with Crippen LogP contribution in [0, 0.1) is 0 Å². The van der Waals surface area contributed by atoms with Crippen LogP contribution in [0.5, 0.6) is 11.5 Å². The Kier molecular flexibility index (Phi) is 9.66. The molecule has 2 aromatic carbocycles. The van der Waals surface area contributed by atoms with E-state index in [1.165, 1.54) is 11.6 Å². The van der Waals surface area contributed by atoms with E-state index in [-0.39, 0.29) is 0 Å². The second-order valence-electron chi connectivity index (χ2n) is 7.26. The highest BCUT2D eigenvalue weighted by Crippen LogP contribution is 2.27. The summed E-state index contributed by atoms with van der Waals surface area (Å²) in [5.74, 6) is 1.04. The summed E-state index contributed by atoms with van der Waals surface area (Å²) in [6.45, 7) is 0.530. The molecule has 0 aliphatic carbocycles. The summed E-state index contributed by atoms with van der Waals surface area (Å²) in [6.07, 6.45) is 5.36. The molecule has 0 saturated heterocycles. The molecule has 0 bridgehead atoms. The van der Waals surface area contributed by atoms with Crippen molar-refractivity contribution in [2.45, 2.75) is 29.9 Å². The number of halogens is 1. The molecule has 172 valence electrons. The molecule has 0 saturated carbocycles. The third-order valence-corrected chi connectivity index (χ3v) is 6.05. The molecule has 33 heavy (non-hydrogen) atoms. The van der Waals surface area contributed by atoms with Crippen molar-refractivity contribution in [2.75, 3.05) is 13.7 Å². The standard InChI is InChI=1S/C26H26ClNO4S/c1-31-22-11-8-19(9-12-22)5-2-3-16-32-25-14-10-21(28-24(25)13-15-26(29)30)18-33-23-7-4-6-20(27)17-23/h4,6-15,17H,2-3,5,16,18H2,1H3,(H,29,30). The first kappa shape index (κ1) is 24.7. The number of pyridine rings is 1. The zero-order chi connectivity index (χ0) is 23.5.